The first kappa shape index (κ1) is 24.3. The van der Waals surface area contributed by atoms with Crippen molar-refractivity contribution < 1.29 is 4.74 Å². The summed E-state index contributed by atoms with van der Waals surface area (Å²) in [4.78, 5) is 4.97. The fourth-order valence-corrected chi connectivity index (χ4v) is 3.60. The summed E-state index contributed by atoms with van der Waals surface area (Å²) in [6.45, 7) is 10.5. The normalized spacial score (nSPS) is 13.0. The molecule has 5 heteroatoms. The fourth-order valence-electron chi connectivity index (χ4n) is 2.98. The van der Waals surface area contributed by atoms with E-state index in [0.29, 0.717) is 6.73 Å². The largest absolute Gasteiger partial charge is 0.360 e. The van der Waals surface area contributed by atoms with Crippen molar-refractivity contribution in [3.05, 3.63) is 29.6 Å². The first-order chi connectivity index (χ1) is 12.1. The molecule has 3 nitrogen and oxygen atoms in total. The fraction of sp³-hybridized carbons (Fsp3) is 0.682. The Balaban J connectivity index is 0.00000364. The number of nitrogens with zero attached hydrogens (tertiary/aromatic N) is 2. The van der Waals surface area contributed by atoms with Gasteiger partial charge in [0.05, 0.1) is 17.6 Å². The van der Waals surface area contributed by atoms with Crippen LogP contribution in [0.15, 0.2) is 18.2 Å². The maximum atomic E-state index is 6.05. The monoisotopic (exact) mass is 414 g/mol. The van der Waals surface area contributed by atoms with Crippen LogP contribution in [-0.2, 0) is 23.3 Å². The van der Waals surface area contributed by atoms with Crippen molar-refractivity contribution in [2.75, 3.05) is 31.1 Å². The van der Waals surface area contributed by atoms with Crippen molar-refractivity contribution in [1.29, 1.82) is 0 Å². The number of halogens is 1. The van der Waals surface area contributed by atoms with Crippen LogP contribution >= 0.6 is 22.4 Å². The van der Waals surface area contributed by atoms with E-state index in [-0.39, 0.29) is 17.8 Å². The van der Waals surface area contributed by atoms with E-state index in [1.807, 2.05) is 0 Å². The molecule has 27 heavy (non-hydrogen) atoms. The van der Waals surface area contributed by atoms with Gasteiger partial charge in [-0.1, -0.05) is 46.6 Å². The molecule has 0 fully saturated rings. The molecular formula is C22H39ClN2OS. The van der Waals surface area contributed by atoms with Crippen LogP contribution in [-0.4, -0.2) is 40.7 Å². The Labute approximate surface area is 174 Å². The van der Waals surface area contributed by atoms with E-state index in [2.05, 4.69) is 69.2 Å². The summed E-state index contributed by atoms with van der Waals surface area (Å²) < 4.78 is 8.34. The predicted molar refractivity (Wildman–Crippen MR) is 125 cm³/mol. The topological polar surface area (TPSA) is 27.1 Å². The molecular weight excluding hydrogens is 376 g/mol. The second-order valence-corrected chi connectivity index (χ2v) is 13.8. The number of rotatable bonds is 9. The summed E-state index contributed by atoms with van der Waals surface area (Å²) in [6.07, 6.45) is 11.7. The van der Waals surface area contributed by atoms with Crippen LogP contribution in [0.25, 0.3) is 11.0 Å². The third-order valence-corrected chi connectivity index (χ3v) is 6.15. The van der Waals surface area contributed by atoms with Gasteiger partial charge < -0.3 is 9.30 Å². The minimum atomic E-state index is -0.507. The molecule has 2 aromatic rings. The van der Waals surface area contributed by atoms with Crippen molar-refractivity contribution in [1.82, 2.24) is 9.55 Å². The number of benzene rings is 1. The molecule has 2 rings (SSSR count). The second kappa shape index (κ2) is 10.2. The van der Waals surface area contributed by atoms with Crippen LogP contribution in [0.2, 0.25) is 0 Å². The van der Waals surface area contributed by atoms with Crippen molar-refractivity contribution >= 4 is 33.5 Å². The molecule has 0 aliphatic carbocycles. The Morgan fingerprint density at radius 2 is 1.81 bits per heavy atom. The Morgan fingerprint density at radius 3 is 2.41 bits per heavy atom. The van der Waals surface area contributed by atoms with Gasteiger partial charge in [-0.2, -0.15) is 0 Å². The van der Waals surface area contributed by atoms with Gasteiger partial charge in [-0.15, -0.1) is 12.4 Å². The van der Waals surface area contributed by atoms with Gasteiger partial charge in [0.15, 0.2) is 0 Å². The lowest BCUT2D eigenvalue weighted by molar-refractivity contribution is 0.0903. The van der Waals surface area contributed by atoms with Crippen LogP contribution < -0.4 is 0 Å². The highest BCUT2D eigenvalue weighted by Gasteiger charge is 2.17. The van der Waals surface area contributed by atoms with Gasteiger partial charge in [0.1, 0.15) is 12.6 Å². The zero-order chi connectivity index (χ0) is 19.4. The van der Waals surface area contributed by atoms with E-state index >= 15 is 0 Å². The molecule has 0 saturated carbocycles. The summed E-state index contributed by atoms with van der Waals surface area (Å²) >= 11 is 0. The molecule has 0 aliphatic rings. The molecule has 1 heterocycles. The van der Waals surface area contributed by atoms with Crippen LogP contribution in [0.1, 0.15) is 58.3 Å². The molecule has 0 bridgehead atoms. The zero-order valence-corrected chi connectivity index (χ0v) is 19.9. The molecule has 0 unspecified atom stereocenters. The van der Waals surface area contributed by atoms with Crippen molar-refractivity contribution in [3.8, 4) is 0 Å². The Bertz CT molecular complexity index is 713. The van der Waals surface area contributed by atoms with Crippen molar-refractivity contribution in [2.24, 2.45) is 0 Å². The maximum Gasteiger partial charge on any atom is 0.124 e. The molecule has 0 amide bonds. The van der Waals surface area contributed by atoms with E-state index in [1.54, 1.807) is 0 Å². The lowest BCUT2D eigenvalue weighted by atomic mass is 9.87. The molecule has 1 aromatic carbocycles. The summed E-state index contributed by atoms with van der Waals surface area (Å²) in [5, 5.41) is 0. The summed E-state index contributed by atoms with van der Waals surface area (Å²) in [5.41, 5.74) is 3.79. The Kier molecular flexibility index (Phi) is 9.17. The minimum Gasteiger partial charge on any atom is -0.360 e. The average molecular weight is 415 g/mol. The number of hydrogen-bond acceptors (Lipinski definition) is 2. The Morgan fingerprint density at radius 1 is 1.11 bits per heavy atom. The number of ether oxygens (including phenoxy) is 1. The number of aromatic nitrogens is 2. The maximum absolute atomic E-state index is 6.05. The van der Waals surface area contributed by atoms with E-state index in [0.717, 1.165) is 24.3 Å². The van der Waals surface area contributed by atoms with Crippen LogP contribution in [0.4, 0.5) is 0 Å². The second-order valence-electron chi connectivity index (χ2n) is 9.20. The van der Waals surface area contributed by atoms with Gasteiger partial charge in [0.25, 0.3) is 0 Å². The van der Waals surface area contributed by atoms with Gasteiger partial charge in [-0.3, -0.25) is 0 Å². The number of imidazole rings is 1. The number of fused-ring (bicyclic) bond motifs is 1. The summed E-state index contributed by atoms with van der Waals surface area (Å²) in [7, 11) is -0.507. The smallest absolute Gasteiger partial charge is 0.124 e. The average Bonchev–Trinajstić information content (AvgIpc) is 2.87. The number of hydrogen-bond donors (Lipinski definition) is 0. The molecule has 0 radical (unpaired) electrons. The lowest BCUT2D eigenvalue weighted by Gasteiger charge is -2.24. The molecule has 0 N–H and O–H groups in total. The Hall–Kier alpha value is -0.710. The van der Waals surface area contributed by atoms with E-state index in [9.17, 15) is 0 Å². The highest BCUT2D eigenvalue weighted by Crippen LogP contribution is 2.33. The predicted octanol–water partition coefficient (Wildman–Crippen LogP) is 6.16. The highest BCUT2D eigenvalue weighted by molar-refractivity contribution is 8.32. The first-order valence-corrected chi connectivity index (χ1v) is 12.9. The molecule has 0 saturated heterocycles. The summed E-state index contributed by atoms with van der Waals surface area (Å²) in [5.74, 6) is 2.32. The number of aryl methyl sites for hydroxylation is 1. The third-order valence-electron chi connectivity index (χ3n) is 4.76. The third kappa shape index (κ3) is 7.32. The van der Waals surface area contributed by atoms with Crippen LogP contribution in [0.3, 0.4) is 0 Å². The quantitative estimate of drug-likeness (QED) is 0.459. The van der Waals surface area contributed by atoms with Crippen molar-refractivity contribution in [2.45, 2.75) is 65.5 Å². The number of unbranched alkanes of at least 4 members (excludes halogenated alkanes) is 2. The van der Waals surface area contributed by atoms with Gasteiger partial charge in [-0.25, -0.2) is 15.0 Å². The van der Waals surface area contributed by atoms with Gasteiger partial charge in [0, 0.05) is 12.2 Å². The van der Waals surface area contributed by atoms with E-state index in [1.165, 1.54) is 36.2 Å². The van der Waals surface area contributed by atoms with Gasteiger partial charge in [0.2, 0.25) is 0 Å². The van der Waals surface area contributed by atoms with E-state index < -0.39 is 10.0 Å². The van der Waals surface area contributed by atoms with Gasteiger partial charge in [-0.05, 0) is 48.3 Å². The molecule has 1 aromatic heterocycles. The van der Waals surface area contributed by atoms with Crippen LogP contribution in [0, 0.1) is 0 Å². The van der Waals surface area contributed by atoms with Crippen LogP contribution in [0.5, 0.6) is 0 Å². The molecule has 156 valence electrons. The van der Waals surface area contributed by atoms with Gasteiger partial charge >= 0.3 is 0 Å². The zero-order valence-electron chi connectivity index (χ0n) is 18.3. The molecule has 0 atom stereocenters. The summed E-state index contributed by atoms with van der Waals surface area (Å²) in [6, 6.07) is 6.73. The molecule has 0 spiro atoms. The SMILES string of the molecule is CCCCCc1nc2cc(C(C)(C)C)ccc2n1COCCS(C)(C)C.Cl. The minimum absolute atomic E-state index is 0. The highest BCUT2D eigenvalue weighted by atomic mass is 35.5. The van der Waals surface area contributed by atoms with Crippen molar-refractivity contribution in [3.63, 3.8) is 0 Å². The lowest BCUT2D eigenvalue weighted by Crippen LogP contribution is -2.12. The first-order valence-electron chi connectivity index (χ1n) is 9.85. The molecule has 0 aliphatic heterocycles. The standard InChI is InChI=1S/C22H38N2OS.ClH/c1-8-9-10-11-21-23-19-16-18(22(2,3)4)12-13-20(19)24(21)17-25-14-15-26(5,6)7;/h12-13,16H,8-11,14-15,17H2,1-7H3;1H. The van der Waals surface area contributed by atoms with E-state index in [4.69, 9.17) is 9.72 Å².